The number of benzene rings is 2. The van der Waals surface area contributed by atoms with E-state index in [4.69, 9.17) is 9.47 Å². The van der Waals surface area contributed by atoms with Gasteiger partial charge in [-0.3, -0.25) is 14.4 Å². The molecule has 0 bridgehead atoms. The van der Waals surface area contributed by atoms with Gasteiger partial charge in [-0.05, 0) is 151 Å². The molecular weight excluding hydrogens is 769 g/mol. The van der Waals surface area contributed by atoms with Crippen molar-refractivity contribution >= 4 is 17.7 Å². The average Bonchev–Trinajstić information content (AvgIpc) is 3.66. The van der Waals surface area contributed by atoms with Gasteiger partial charge in [0.15, 0.2) is 0 Å². The van der Waals surface area contributed by atoms with Crippen LogP contribution in [0.2, 0.25) is 0 Å². The number of esters is 2. The van der Waals surface area contributed by atoms with Gasteiger partial charge in [-0.2, -0.15) is 0 Å². The van der Waals surface area contributed by atoms with Crippen LogP contribution in [0.5, 0.6) is 0 Å². The van der Waals surface area contributed by atoms with Crippen LogP contribution in [-0.4, -0.2) is 41.1 Å². The Kier molecular flexibility index (Phi) is 24.8. The number of carbonyl (C=O) groups is 3. The van der Waals surface area contributed by atoms with Gasteiger partial charge in [0.1, 0.15) is 5.78 Å². The zero-order valence-corrected chi connectivity index (χ0v) is 39.6. The number of unbranched alkanes of at least 4 members (excludes halogenated alkanes) is 2. The summed E-state index contributed by atoms with van der Waals surface area (Å²) in [6, 6.07) is 21.3. The summed E-state index contributed by atoms with van der Waals surface area (Å²) >= 11 is 0. The molecule has 6 nitrogen and oxygen atoms in total. The molecule has 6 unspecified atom stereocenters. The second-order valence-electron chi connectivity index (χ2n) is 18.9. The minimum Gasteiger partial charge on any atom is -0.463 e. The van der Waals surface area contributed by atoms with Crippen LogP contribution in [0, 0.1) is 47.3 Å². The Balaban J connectivity index is 0.000000330. The molecule has 2 aromatic carbocycles. The van der Waals surface area contributed by atoms with E-state index in [9.17, 15) is 19.5 Å². The molecule has 9 atom stereocenters. The molecule has 2 aliphatic carbocycles. The van der Waals surface area contributed by atoms with Gasteiger partial charge in [-0.15, -0.1) is 0 Å². The first-order chi connectivity index (χ1) is 29.7. The lowest BCUT2D eigenvalue weighted by atomic mass is 9.86. The zero-order chi connectivity index (χ0) is 45.3. The van der Waals surface area contributed by atoms with Gasteiger partial charge in [0.25, 0.3) is 0 Å². The standard InChI is InChI=1S/C28H42O3.C28H40O3/c2*1-21(2)31-28(30)15-11-6-5-10-14-26-25(23(4)20-27(26)29)19-17-22(3)16-18-24-12-8-7-9-13-24/h5,7-10,12-13,17,19,21-23,25-27,29H,6,11,14-16,18,20H2,1-4H3;5,7-10,12-13,17,19,21-23,25-26H,6,11,14-16,18,20H2,1-4H3/b2*10-5-,19-17+/t22?,23?,25-,26?,27-;22?,23?,25-,26?/m00/s1. The topological polar surface area (TPSA) is 89.9 Å². The van der Waals surface area contributed by atoms with Crippen molar-refractivity contribution in [2.24, 2.45) is 47.3 Å². The fourth-order valence-corrected chi connectivity index (χ4v) is 8.88. The molecular formula is C56H82O6. The van der Waals surface area contributed by atoms with E-state index in [1.165, 1.54) is 11.1 Å². The van der Waals surface area contributed by atoms with Gasteiger partial charge in [0.2, 0.25) is 0 Å². The highest BCUT2D eigenvalue weighted by molar-refractivity contribution is 5.84. The van der Waals surface area contributed by atoms with Gasteiger partial charge in [0, 0.05) is 25.2 Å². The minimum absolute atomic E-state index is 0.0417. The Morgan fingerprint density at radius 2 is 1.13 bits per heavy atom. The first-order valence-electron chi connectivity index (χ1n) is 24.1. The van der Waals surface area contributed by atoms with Crippen LogP contribution >= 0.6 is 0 Å². The molecule has 0 aliphatic heterocycles. The van der Waals surface area contributed by atoms with Crippen LogP contribution in [0.25, 0.3) is 0 Å². The number of Topliss-reactive ketones (excluding diaryl/α,β-unsaturated/α-hetero) is 1. The molecule has 0 aromatic heterocycles. The number of rotatable bonds is 24. The lowest BCUT2D eigenvalue weighted by Gasteiger charge is -2.20. The van der Waals surface area contributed by atoms with E-state index in [2.05, 4.69) is 137 Å². The van der Waals surface area contributed by atoms with Crippen LogP contribution in [-0.2, 0) is 36.7 Å². The van der Waals surface area contributed by atoms with Crippen molar-refractivity contribution in [1.29, 1.82) is 0 Å². The van der Waals surface area contributed by atoms with Crippen molar-refractivity contribution in [2.45, 2.75) is 164 Å². The summed E-state index contributed by atoms with van der Waals surface area (Å²) in [5.41, 5.74) is 2.78. The number of allylic oxidation sites excluding steroid dienone is 8. The molecule has 0 radical (unpaired) electrons. The number of aliphatic hydroxyl groups excluding tert-OH is 1. The lowest BCUT2D eigenvalue weighted by molar-refractivity contribution is -0.148. The third-order valence-corrected chi connectivity index (χ3v) is 12.5. The number of ketones is 1. The Hall–Kier alpha value is -4.03. The highest BCUT2D eigenvalue weighted by Crippen LogP contribution is 2.41. The van der Waals surface area contributed by atoms with E-state index in [0.717, 1.165) is 70.6 Å². The molecule has 2 aromatic rings. The van der Waals surface area contributed by atoms with E-state index in [1.54, 1.807) is 0 Å². The van der Waals surface area contributed by atoms with Gasteiger partial charge >= 0.3 is 11.9 Å². The molecule has 2 aliphatic rings. The number of carbonyl (C=O) groups excluding carboxylic acids is 3. The van der Waals surface area contributed by atoms with E-state index in [1.807, 2.05) is 27.7 Å². The first-order valence-corrected chi connectivity index (χ1v) is 24.1. The molecule has 6 heteroatoms. The smallest absolute Gasteiger partial charge is 0.306 e. The molecule has 0 heterocycles. The van der Waals surface area contributed by atoms with E-state index in [0.29, 0.717) is 60.6 Å². The molecule has 342 valence electrons. The number of ether oxygens (including phenoxy) is 2. The van der Waals surface area contributed by atoms with Gasteiger partial charge < -0.3 is 14.6 Å². The molecule has 0 amide bonds. The quantitative estimate of drug-likeness (QED) is 0.0643. The maximum absolute atomic E-state index is 12.5. The normalized spacial score (nSPS) is 23.8. The second kappa shape index (κ2) is 29.4. The number of hydrogen-bond acceptors (Lipinski definition) is 6. The summed E-state index contributed by atoms with van der Waals surface area (Å²) in [4.78, 5) is 35.7. The van der Waals surface area contributed by atoms with Crippen LogP contribution in [0.3, 0.4) is 0 Å². The molecule has 62 heavy (non-hydrogen) atoms. The Morgan fingerprint density at radius 1 is 0.661 bits per heavy atom. The van der Waals surface area contributed by atoms with Gasteiger partial charge in [0.05, 0.1) is 18.3 Å². The summed E-state index contributed by atoms with van der Waals surface area (Å²) in [5.74, 6) is 3.25. The second-order valence-corrected chi connectivity index (χ2v) is 18.9. The van der Waals surface area contributed by atoms with Crippen LogP contribution in [0.4, 0.5) is 0 Å². The Bertz CT molecular complexity index is 1670. The third-order valence-electron chi connectivity index (χ3n) is 12.5. The van der Waals surface area contributed by atoms with E-state index < -0.39 is 0 Å². The van der Waals surface area contributed by atoms with Crippen molar-refractivity contribution in [1.82, 2.24) is 0 Å². The van der Waals surface area contributed by atoms with Crippen molar-refractivity contribution in [3.63, 3.8) is 0 Å². The van der Waals surface area contributed by atoms with E-state index in [-0.39, 0.29) is 42.1 Å². The minimum atomic E-state index is -0.227. The molecule has 2 fully saturated rings. The molecule has 2 saturated carbocycles. The fourth-order valence-electron chi connectivity index (χ4n) is 8.88. The van der Waals surface area contributed by atoms with Crippen LogP contribution in [0.1, 0.15) is 144 Å². The predicted octanol–water partition coefficient (Wildman–Crippen LogP) is 13.2. The van der Waals surface area contributed by atoms with Crippen molar-refractivity contribution in [2.75, 3.05) is 0 Å². The summed E-state index contributed by atoms with van der Waals surface area (Å²) in [5, 5.41) is 10.6. The highest BCUT2D eigenvalue weighted by Gasteiger charge is 2.38. The summed E-state index contributed by atoms with van der Waals surface area (Å²) in [6.07, 6.45) is 29.6. The average molecular weight is 851 g/mol. The number of aryl methyl sites for hydroxylation is 2. The monoisotopic (exact) mass is 851 g/mol. The van der Waals surface area contributed by atoms with Crippen LogP contribution < -0.4 is 0 Å². The predicted molar refractivity (Wildman–Crippen MR) is 256 cm³/mol. The maximum atomic E-state index is 12.5. The zero-order valence-electron chi connectivity index (χ0n) is 39.6. The van der Waals surface area contributed by atoms with Crippen molar-refractivity contribution in [3.05, 3.63) is 120 Å². The first kappa shape index (κ1) is 52.3. The van der Waals surface area contributed by atoms with Gasteiger partial charge in [-0.25, -0.2) is 0 Å². The van der Waals surface area contributed by atoms with Crippen LogP contribution in [0.15, 0.2) is 109 Å². The highest BCUT2D eigenvalue weighted by atomic mass is 16.5. The fraction of sp³-hybridized carbons (Fsp3) is 0.589. The third kappa shape index (κ3) is 20.9. The molecule has 0 spiro atoms. The summed E-state index contributed by atoms with van der Waals surface area (Å²) in [7, 11) is 0. The SMILES string of the molecule is CC(/C=C/[C@H]1C(C)CC(=O)C1C/C=C\CCCC(=O)OC(C)C)CCc1ccccc1.CC(/C=C/[C@H]1C(C)C[C@H](O)C1C/C=C\CCCC(=O)OC(C)C)CCc1ccccc1. The van der Waals surface area contributed by atoms with E-state index >= 15 is 0 Å². The molecule has 0 saturated heterocycles. The summed E-state index contributed by atoms with van der Waals surface area (Å²) in [6.45, 7) is 16.5. The van der Waals surface area contributed by atoms with Crippen molar-refractivity contribution in [3.8, 4) is 0 Å². The number of aliphatic hydroxyl groups is 1. The largest absolute Gasteiger partial charge is 0.463 e. The lowest BCUT2D eigenvalue weighted by Crippen LogP contribution is -2.18. The Morgan fingerprint density at radius 3 is 1.61 bits per heavy atom. The molecule has 4 rings (SSSR count). The van der Waals surface area contributed by atoms with Gasteiger partial charge in [-0.1, -0.05) is 137 Å². The maximum Gasteiger partial charge on any atom is 0.306 e. The van der Waals surface area contributed by atoms with Crippen molar-refractivity contribution < 1.29 is 29.0 Å². The summed E-state index contributed by atoms with van der Waals surface area (Å²) < 4.78 is 10.3. The molecule has 1 N–H and O–H groups in total. The number of hydrogen-bond donors (Lipinski definition) is 1. The Labute approximate surface area is 376 Å².